The summed E-state index contributed by atoms with van der Waals surface area (Å²) >= 11 is 0. The maximum absolute atomic E-state index is 13.4. The fourth-order valence-electron chi connectivity index (χ4n) is 4.52. The Labute approximate surface area is 182 Å². The minimum atomic E-state index is -0.886. The second-order valence-corrected chi connectivity index (χ2v) is 8.32. The second-order valence-electron chi connectivity index (χ2n) is 8.32. The van der Waals surface area contributed by atoms with Crippen molar-refractivity contribution in [3.05, 3.63) is 59.9 Å². The molecule has 0 aliphatic heterocycles. The molecule has 0 bridgehead atoms. The molecule has 162 valence electrons. The number of carbonyl (C=O) groups is 2. The summed E-state index contributed by atoms with van der Waals surface area (Å²) in [5, 5.41) is 9.34. The molecule has 3 aromatic rings. The number of carboxylic acids is 1. The Morgan fingerprint density at radius 3 is 2.55 bits per heavy atom. The van der Waals surface area contributed by atoms with E-state index in [2.05, 4.69) is 6.92 Å². The predicted molar refractivity (Wildman–Crippen MR) is 121 cm³/mol. The topological polar surface area (TPSA) is 75.4 Å². The van der Waals surface area contributed by atoms with Crippen molar-refractivity contribution in [3.8, 4) is 0 Å². The Morgan fingerprint density at radius 1 is 1.13 bits per heavy atom. The lowest BCUT2D eigenvalue weighted by Gasteiger charge is -2.26. The molecule has 6 nitrogen and oxygen atoms in total. The van der Waals surface area contributed by atoms with Crippen LogP contribution in [0, 0.1) is 5.92 Å². The van der Waals surface area contributed by atoms with Gasteiger partial charge in [-0.05, 0) is 43.0 Å². The Hall–Kier alpha value is -3.15. The Balaban J connectivity index is 1.73. The predicted octanol–water partition coefficient (Wildman–Crippen LogP) is 4.80. The molecular formula is C25H29N3O3. The van der Waals surface area contributed by atoms with Gasteiger partial charge in [0, 0.05) is 18.0 Å². The van der Waals surface area contributed by atoms with E-state index in [0.29, 0.717) is 13.0 Å². The largest absolute Gasteiger partial charge is 0.480 e. The first kappa shape index (κ1) is 21.1. The molecule has 0 radical (unpaired) electrons. The normalized spacial score (nSPS) is 14.2. The number of amides is 1. The van der Waals surface area contributed by atoms with Crippen LogP contribution in [0.5, 0.6) is 0 Å². The molecule has 1 N–H and O–H groups in total. The van der Waals surface area contributed by atoms with Crippen LogP contribution in [0.2, 0.25) is 0 Å². The maximum Gasteiger partial charge on any atom is 0.323 e. The van der Waals surface area contributed by atoms with Gasteiger partial charge in [-0.1, -0.05) is 50.1 Å². The highest BCUT2D eigenvalue weighted by atomic mass is 16.4. The van der Waals surface area contributed by atoms with Crippen LogP contribution in [0.25, 0.3) is 11.0 Å². The Bertz CT molecular complexity index is 1070. The summed E-state index contributed by atoms with van der Waals surface area (Å²) in [5.74, 6) is 0.121. The number of aromatic nitrogens is 2. The summed E-state index contributed by atoms with van der Waals surface area (Å²) in [7, 11) is 0. The lowest BCUT2D eigenvalue weighted by atomic mass is 10.0. The molecule has 6 heteroatoms. The molecule has 1 aliphatic carbocycles. The van der Waals surface area contributed by atoms with Crippen molar-refractivity contribution >= 4 is 28.6 Å². The van der Waals surface area contributed by atoms with Crippen LogP contribution in [-0.2, 0) is 29.1 Å². The van der Waals surface area contributed by atoms with E-state index in [1.165, 1.54) is 0 Å². The number of rotatable bonds is 8. The number of fused-ring (bicyclic) bond motifs is 1. The van der Waals surface area contributed by atoms with Crippen molar-refractivity contribution in [3.63, 3.8) is 0 Å². The molecule has 1 aromatic heterocycles. The summed E-state index contributed by atoms with van der Waals surface area (Å²) < 4.78 is 1.77. The van der Waals surface area contributed by atoms with E-state index in [1.807, 2.05) is 53.4 Å². The van der Waals surface area contributed by atoms with Gasteiger partial charge in [0.15, 0.2) is 0 Å². The molecule has 31 heavy (non-hydrogen) atoms. The zero-order chi connectivity index (χ0) is 21.8. The number of aryl methyl sites for hydroxylation is 1. The summed E-state index contributed by atoms with van der Waals surface area (Å²) in [4.78, 5) is 31.4. The Morgan fingerprint density at radius 2 is 1.87 bits per heavy atom. The van der Waals surface area contributed by atoms with Gasteiger partial charge in [0.05, 0.1) is 17.6 Å². The van der Waals surface area contributed by atoms with E-state index >= 15 is 0 Å². The highest BCUT2D eigenvalue weighted by Crippen LogP contribution is 2.31. The van der Waals surface area contributed by atoms with Crippen molar-refractivity contribution in [1.29, 1.82) is 0 Å². The van der Waals surface area contributed by atoms with Gasteiger partial charge in [-0.25, -0.2) is 4.98 Å². The van der Waals surface area contributed by atoms with Gasteiger partial charge in [0.2, 0.25) is 5.91 Å². The summed E-state index contributed by atoms with van der Waals surface area (Å²) in [5.41, 5.74) is 3.43. The van der Waals surface area contributed by atoms with E-state index in [4.69, 9.17) is 4.98 Å². The fourth-order valence-corrected chi connectivity index (χ4v) is 4.52. The summed E-state index contributed by atoms with van der Waals surface area (Å²) in [6.07, 6.45) is 5.70. The van der Waals surface area contributed by atoms with Crippen molar-refractivity contribution < 1.29 is 14.7 Å². The van der Waals surface area contributed by atoms with Crippen molar-refractivity contribution in [2.45, 2.75) is 58.5 Å². The number of benzene rings is 2. The molecule has 1 aliphatic rings. The van der Waals surface area contributed by atoms with Crippen LogP contribution in [0.1, 0.15) is 50.4 Å². The first-order valence-electron chi connectivity index (χ1n) is 11.1. The van der Waals surface area contributed by atoms with Crippen LogP contribution >= 0.6 is 0 Å². The lowest BCUT2D eigenvalue weighted by molar-refractivity contribution is -0.137. The third-order valence-corrected chi connectivity index (χ3v) is 6.04. The number of imidazole rings is 1. The maximum atomic E-state index is 13.4. The van der Waals surface area contributed by atoms with Gasteiger partial charge in [-0.2, -0.15) is 0 Å². The monoisotopic (exact) mass is 419 g/mol. The van der Waals surface area contributed by atoms with Crippen LogP contribution in [-0.4, -0.2) is 26.5 Å². The standard InChI is InChI=1S/C25H29N3O3/c1-2-8-23-26-21-15-20(13-14-22(21)28(23)17-24(29)30)27(16-18-9-4-3-5-10-18)25(31)19-11-6-7-12-19/h3-5,9-10,13-15,19H,2,6-8,11-12,16-17H2,1H3,(H,29,30). The lowest BCUT2D eigenvalue weighted by Crippen LogP contribution is -2.34. The quantitative estimate of drug-likeness (QED) is 0.569. The fraction of sp³-hybridized carbons (Fsp3) is 0.400. The minimum absolute atomic E-state index is 0.0691. The molecule has 1 saturated carbocycles. The number of hydrogen-bond acceptors (Lipinski definition) is 3. The number of anilines is 1. The van der Waals surface area contributed by atoms with E-state index in [0.717, 1.165) is 60.2 Å². The molecule has 1 heterocycles. The molecule has 0 spiro atoms. The highest BCUT2D eigenvalue weighted by Gasteiger charge is 2.28. The Kier molecular flexibility index (Phi) is 6.35. The van der Waals surface area contributed by atoms with Gasteiger partial charge >= 0.3 is 5.97 Å². The first-order chi connectivity index (χ1) is 15.1. The van der Waals surface area contributed by atoms with Gasteiger partial charge in [0.1, 0.15) is 12.4 Å². The van der Waals surface area contributed by atoms with Gasteiger partial charge < -0.3 is 14.6 Å². The van der Waals surface area contributed by atoms with Crippen LogP contribution < -0.4 is 4.90 Å². The average Bonchev–Trinajstić information content (AvgIpc) is 3.41. The van der Waals surface area contributed by atoms with Crippen LogP contribution in [0.4, 0.5) is 5.69 Å². The van der Waals surface area contributed by atoms with E-state index in [-0.39, 0.29) is 18.4 Å². The van der Waals surface area contributed by atoms with Gasteiger partial charge in [-0.15, -0.1) is 0 Å². The second kappa shape index (κ2) is 9.33. The van der Waals surface area contributed by atoms with Crippen molar-refractivity contribution in [1.82, 2.24) is 9.55 Å². The number of carbonyl (C=O) groups excluding carboxylic acids is 1. The molecule has 0 atom stereocenters. The zero-order valence-corrected chi connectivity index (χ0v) is 18.0. The summed E-state index contributed by atoms with van der Waals surface area (Å²) in [6, 6.07) is 15.8. The molecule has 0 saturated heterocycles. The molecule has 0 unspecified atom stereocenters. The SMILES string of the molecule is CCCc1nc2cc(N(Cc3ccccc3)C(=O)C3CCCC3)ccc2n1CC(=O)O. The van der Waals surface area contributed by atoms with Crippen molar-refractivity contribution in [2.75, 3.05) is 4.90 Å². The average molecular weight is 420 g/mol. The smallest absolute Gasteiger partial charge is 0.323 e. The van der Waals surface area contributed by atoms with E-state index < -0.39 is 5.97 Å². The molecule has 4 rings (SSSR count). The van der Waals surface area contributed by atoms with Gasteiger partial charge in [-0.3, -0.25) is 9.59 Å². The van der Waals surface area contributed by atoms with Crippen LogP contribution in [0.15, 0.2) is 48.5 Å². The zero-order valence-electron chi connectivity index (χ0n) is 18.0. The number of aliphatic carboxylic acids is 1. The minimum Gasteiger partial charge on any atom is -0.480 e. The van der Waals surface area contributed by atoms with E-state index in [9.17, 15) is 14.7 Å². The summed E-state index contributed by atoms with van der Waals surface area (Å²) in [6.45, 7) is 2.46. The van der Waals surface area contributed by atoms with Crippen LogP contribution in [0.3, 0.4) is 0 Å². The van der Waals surface area contributed by atoms with E-state index in [1.54, 1.807) is 4.57 Å². The number of carboxylic acid groups (broad SMARTS) is 1. The molecular weight excluding hydrogens is 390 g/mol. The van der Waals surface area contributed by atoms with Crippen molar-refractivity contribution in [2.24, 2.45) is 5.92 Å². The van der Waals surface area contributed by atoms with Gasteiger partial charge in [0.25, 0.3) is 0 Å². The third kappa shape index (κ3) is 4.63. The highest BCUT2D eigenvalue weighted by molar-refractivity contribution is 5.97. The first-order valence-corrected chi connectivity index (χ1v) is 11.1. The molecule has 2 aromatic carbocycles. The number of nitrogens with zero attached hydrogens (tertiary/aromatic N) is 3. The number of hydrogen-bond donors (Lipinski definition) is 1. The molecule has 1 fully saturated rings. The molecule has 1 amide bonds. The third-order valence-electron chi connectivity index (χ3n) is 6.04.